The summed E-state index contributed by atoms with van der Waals surface area (Å²) in [5.41, 5.74) is 3.28. The summed E-state index contributed by atoms with van der Waals surface area (Å²) < 4.78 is 1.80. The summed E-state index contributed by atoms with van der Waals surface area (Å²) in [6.07, 6.45) is 3.85. The highest BCUT2D eigenvalue weighted by Crippen LogP contribution is 2.32. The van der Waals surface area contributed by atoms with Crippen molar-refractivity contribution in [2.24, 2.45) is 0 Å². The molecule has 0 atom stereocenters. The molecule has 0 radical (unpaired) electrons. The molecule has 0 fully saturated rings. The van der Waals surface area contributed by atoms with E-state index in [0.29, 0.717) is 0 Å². The van der Waals surface area contributed by atoms with Crippen LogP contribution in [0.1, 0.15) is 5.56 Å². The van der Waals surface area contributed by atoms with Crippen molar-refractivity contribution in [2.75, 3.05) is 4.31 Å². The smallest absolute Gasteiger partial charge is 0.0594 e. The van der Waals surface area contributed by atoms with Gasteiger partial charge >= 0.3 is 0 Å². The molecule has 60 valence electrons. The first-order valence-electron chi connectivity index (χ1n) is 3.73. The number of thiol groups is 1. The molecule has 1 aliphatic heterocycles. The number of hydrogen-bond donors (Lipinski definition) is 1. The van der Waals surface area contributed by atoms with Crippen molar-refractivity contribution >= 4 is 24.1 Å². The number of rotatable bonds is 0. The topological polar surface area (TPSA) is 3.24 Å². The van der Waals surface area contributed by atoms with E-state index in [-0.39, 0.29) is 0 Å². The fourth-order valence-electron chi connectivity index (χ4n) is 1.28. The SMILES string of the molecule is C=C1C=CN(S)c2ccccc21. The standard InChI is InChI=1S/C10H9NS/c1-8-6-7-11(12)10-5-3-2-4-9(8)10/h2-7,12H,1H2. The van der Waals surface area contributed by atoms with Crippen molar-refractivity contribution in [3.8, 4) is 0 Å². The minimum Gasteiger partial charge on any atom is -0.294 e. The van der Waals surface area contributed by atoms with Crippen molar-refractivity contribution in [3.05, 3.63) is 48.7 Å². The predicted octanol–water partition coefficient (Wildman–Crippen LogP) is 2.88. The van der Waals surface area contributed by atoms with Gasteiger partial charge in [-0.05, 0) is 17.7 Å². The summed E-state index contributed by atoms with van der Waals surface area (Å²) in [4.78, 5) is 0. The summed E-state index contributed by atoms with van der Waals surface area (Å²) in [7, 11) is 0. The Labute approximate surface area is 77.6 Å². The van der Waals surface area contributed by atoms with Crippen molar-refractivity contribution in [2.45, 2.75) is 0 Å². The maximum absolute atomic E-state index is 4.29. The van der Waals surface area contributed by atoms with E-state index >= 15 is 0 Å². The van der Waals surface area contributed by atoms with Gasteiger partial charge in [-0.25, -0.2) is 0 Å². The van der Waals surface area contributed by atoms with Gasteiger partial charge < -0.3 is 0 Å². The summed E-state index contributed by atoms with van der Waals surface area (Å²) in [5.74, 6) is 0. The Morgan fingerprint density at radius 3 is 2.75 bits per heavy atom. The Morgan fingerprint density at radius 1 is 1.25 bits per heavy atom. The Balaban J connectivity index is 2.61. The summed E-state index contributed by atoms with van der Waals surface area (Å²) in [6, 6.07) is 8.07. The molecule has 1 heterocycles. The molecule has 0 saturated carbocycles. The lowest BCUT2D eigenvalue weighted by molar-refractivity contribution is 1.40. The Bertz CT molecular complexity index is 355. The van der Waals surface area contributed by atoms with Crippen LogP contribution < -0.4 is 4.31 Å². The third-order valence-electron chi connectivity index (χ3n) is 1.91. The molecule has 0 unspecified atom stereocenters. The number of anilines is 1. The zero-order valence-corrected chi connectivity index (χ0v) is 7.46. The van der Waals surface area contributed by atoms with Crippen LogP contribution >= 0.6 is 12.8 Å². The third kappa shape index (κ3) is 1.04. The van der Waals surface area contributed by atoms with E-state index in [9.17, 15) is 0 Å². The lowest BCUT2D eigenvalue weighted by Gasteiger charge is -2.21. The van der Waals surface area contributed by atoms with E-state index in [1.54, 1.807) is 4.31 Å². The Hall–Kier alpha value is -1.15. The highest BCUT2D eigenvalue weighted by Gasteiger charge is 2.10. The number of nitrogens with zero attached hydrogens (tertiary/aromatic N) is 1. The number of allylic oxidation sites excluding steroid dienone is 2. The van der Waals surface area contributed by atoms with Crippen molar-refractivity contribution in [3.63, 3.8) is 0 Å². The molecular formula is C10H9NS. The molecular weight excluding hydrogens is 166 g/mol. The number of fused-ring (bicyclic) bond motifs is 1. The summed E-state index contributed by atoms with van der Waals surface area (Å²) in [5, 5.41) is 0. The lowest BCUT2D eigenvalue weighted by atomic mass is 10.0. The predicted molar refractivity (Wildman–Crippen MR) is 56.1 cm³/mol. The zero-order chi connectivity index (χ0) is 8.55. The van der Waals surface area contributed by atoms with E-state index in [2.05, 4.69) is 19.4 Å². The largest absolute Gasteiger partial charge is 0.294 e. The van der Waals surface area contributed by atoms with E-state index in [1.807, 2.05) is 36.5 Å². The first kappa shape index (κ1) is 7.50. The van der Waals surface area contributed by atoms with Crippen LogP contribution in [0.25, 0.3) is 5.57 Å². The molecule has 12 heavy (non-hydrogen) atoms. The molecule has 1 aliphatic rings. The van der Waals surface area contributed by atoms with Gasteiger partial charge in [-0.1, -0.05) is 37.6 Å². The van der Waals surface area contributed by atoms with E-state index in [4.69, 9.17) is 0 Å². The summed E-state index contributed by atoms with van der Waals surface area (Å²) in [6.45, 7) is 3.94. The molecule has 0 spiro atoms. The minimum absolute atomic E-state index is 1.04. The molecule has 0 amide bonds. The van der Waals surface area contributed by atoms with E-state index < -0.39 is 0 Å². The van der Waals surface area contributed by atoms with Gasteiger partial charge in [-0.2, -0.15) is 0 Å². The van der Waals surface area contributed by atoms with E-state index in [0.717, 1.165) is 16.8 Å². The van der Waals surface area contributed by atoms with Gasteiger partial charge in [0.05, 0.1) is 5.69 Å². The number of para-hydroxylation sites is 1. The molecule has 0 N–H and O–H groups in total. The van der Waals surface area contributed by atoms with Crippen molar-refractivity contribution < 1.29 is 0 Å². The second-order valence-electron chi connectivity index (χ2n) is 2.70. The Kier molecular flexibility index (Phi) is 1.70. The van der Waals surface area contributed by atoms with Crippen LogP contribution in [0.5, 0.6) is 0 Å². The van der Waals surface area contributed by atoms with Gasteiger partial charge in [0.25, 0.3) is 0 Å². The van der Waals surface area contributed by atoms with Crippen LogP contribution in [0.3, 0.4) is 0 Å². The van der Waals surface area contributed by atoms with E-state index in [1.165, 1.54) is 0 Å². The normalized spacial score (nSPS) is 14.8. The highest BCUT2D eigenvalue weighted by atomic mass is 32.1. The van der Waals surface area contributed by atoms with Crippen molar-refractivity contribution in [1.82, 2.24) is 0 Å². The van der Waals surface area contributed by atoms with Gasteiger partial charge in [0.15, 0.2) is 0 Å². The fraction of sp³-hybridized carbons (Fsp3) is 0. The van der Waals surface area contributed by atoms with Crippen molar-refractivity contribution in [1.29, 1.82) is 0 Å². The monoisotopic (exact) mass is 175 g/mol. The summed E-state index contributed by atoms with van der Waals surface area (Å²) >= 11 is 4.29. The van der Waals surface area contributed by atoms with Gasteiger partial charge in [0.1, 0.15) is 0 Å². The van der Waals surface area contributed by atoms with Crippen LogP contribution in [0, 0.1) is 0 Å². The van der Waals surface area contributed by atoms with Gasteiger partial charge in [-0.3, -0.25) is 4.31 Å². The van der Waals surface area contributed by atoms with Crippen LogP contribution in [0.4, 0.5) is 5.69 Å². The van der Waals surface area contributed by atoms with Gasteiger partial charge in [0, 0.05) is 11.8 Å². The van der Waals surface area contributed by atoms with Gasteiger partial charge in [-0.15, -0.1) is 0 Å². The maximum atomic E-state index is 4.29. The van der Waals surface area contributed by atoms with Crippen LogP contribution in [-0.2, 0) is 0 Å². The molecule has 0 saturated heterocycles. The molecule has 0 aromatic heterocycles. The van der Waals surface area contributed by atoms with Crippen LogP contribution in [0.2, 0.25) is 0 Å². The fourth-order valence-corrected chi connectivity index (χ4v) is 1.52. The average Bonchev–Trinajstić information content (AvgIpc) is 2.12. The zero-order valence-electron chi connectivity index (χ0n) is 6.57. The Morgan fingerprint density at radius 2 is 2.00 bits per heavy atom. The van der Waals surface area contributed by atoms with Crippen LogP contribution in [0.15, 0.2) is 43.1 Å². The van der Waals surface area contributed by atoms with Gasteiger partial charge in [0.2, 0.25) is 0 Å². The molecule has 0 aliphatic carbocycles. The molecule has 1 aromatic carbocycles. The third-order valence-corrected chi connectivity index (χ3v) is 2.26. The second-order valence-corrected chi connectivity index (χ2v) is 3.13. The highest BCUT2D eigenvalue weighted by molar-refractivity contribution is 7.82. The number of hydrogen-bond acceptors (Lipinski definition) is 2. The molecule has 2 heteroatoms. The minimum atomic E-state index is 1.04. The first-order valence-corrected chi connectivity index (χ1v) is 4.13. The molecule has 0 bridgehead atoms. The molecule has 1 aromatic rings. The second kappa shape index (κ2) is 2.72. The lowest BCUT2D eigenvalue weighted by Crippen LogP contribution is -2.06. The molecule has 2 rings (SSSR count). The quantitative estimate of drug-likeness (QED) is 0.593. The first-order chi connectivity index (χ1) is 5.79. The average molecular weight is 175 g/mol. The molecule has 1 nitrogen and oxygen atoms in total. The van der Waals surface area contributed by atoms with Crippen LogP contribution in [-0.4, -0.2) is 0 Å². The number of benzene rings is 1. The maximum Gasteiger partial charge on any atom is 0.0594 e.